The number of nitrogens with zero attached hydrogens (tertiary/aromatic N) is 2. The first-order chi connectivity index (χ1) is 28.5. The van der Waals surface area contributed by atoms with E-state index in [9.17, 15) is 30.3 Å². The van der Waals surface area contributed by atoms with Gasteiger partial charge in [-0.25, -0.2) is 0 Å². The number of aliphatic hydroxyl groups excluding tert-OH is 3. The molecule has 0 aromatic heterocycles. The van der Waals surface area contributed by atoms with Crippen LogP contribution in [0.4, 0.5) is 0 Å². The van der Waals surface area contributed by atoms with Gasteiger partial charge in [-0.05, 0) is 93.7 Å². The second-order valence-corrected chi connectivity index (χ2v) is 20.1. The average molecular weight is 873 g/mol. The second kappa shape index (κ2) is 22.1. The van der Waals surface area contributed by atoms with Gasteiger partial charge in [0.05, 0.1) is 53.4 Å². The van der Waals surface area contributed by atoms with Crippen LogP contribution in [0, 0.1) is 29.6 Å². The maximum absolute atomic E-state index is 14.4. The third-order valence-electron chi connectivity index (χ3n) is 14.6. The van der Waals surface area contributed by atoms with Crippen LogP contribution in [0.3, 0.4) is 0 Å². The van der Waals surface area contributed by atoms with Crippen LogP contribution >= 0.6 is 0 Å². The van der Waals surface area contributed by atoms with E-state index < -0.39 is 102 Å². The summed E-state index contributed by atoms with van der Waals surface area (Å²) in [6, 6.07) is -0.308. The number of methoxy groups -OCH3 is 1. The Bertz CT molecular complexity index is 1390. The summed E-state index contributed by atoms with van der Waals surface area (Å²) in [5, 5.41) is 64.3. The summed E-state index contributed by atoms with van der Waals surface area (Å²) in [6.07, 6.45) is -0.921. The molecule has 0 bridgehead atoms. The monoisotopic (exact) mass is 873 g/mol. The lowest BCUT2D eigenvalue weighted by molar-refractivity contribution is -0.317. The van der Waals surface area contributed by atoms with E-state index in [1.807, 2.05) is 39.8 Å². The van der Waals surface area contributed by atoms with Gasteiger partial charge in [0.15, 0.2) is 12.6 Å². The highest BCUT2D eigenvalue weighted by Crippen LogP contribution is 2.41. The van der Waals surface area contributed by atoms with Crippen molar-refractivity contribution in [1.29, 1.82) is 0 Å². The molecule has 1 saturated carbocycles. The van der Waals surface area contributed by atoms with Gasteiger partial charge in [-0.1, -0.05) is 65.0 Å². The fourth-order valence-electron chi connectivity index (χ4n) is 10.6. The molecule has 0 radical (unpaired) electrons. The molecule has 3 aliphatic heterocycles. The predicted octanol–water partition coefficient (Wildman–Crippen LogP) is 4.95. The molecule has 15 nitrogen and oxygen atoms in total. The highest BCUT2D eigenvalue weighted by molar-refractivity contribution is 5.88. The summed E-state index contributed by atoms with van der Waals surface area (Å²) < 4.78 is 37.9. The Balaban J connectivity index is 1.80. The summed E-state index contributed by atoms with van der Waals surface area (Å²) in [5.74, 6) is -3.21. The smallest absolute Gasteiger partial charge is 0.311 e. The number of likely N-dealkylation sites (N-methyl/N-ethyl adjacent to an activating group) is 1. The van der Waals surface area contributed by atoms with E-state index in [1.54, 1.807) is 41.5 Å². The molecular formula is C46H84N2O13. The van der Waals surface area contributed by atoms with Crippen LogP contribution in [0.5, 0.6) is 0 Å². The third kappa shape index (κ3) is 12.7. The molecule has 61 heavy (non-hydrogen) atoms. The van der Waals surface area contributed by atoms with E-state index in [4.69, 9.17) is 33.3 Å². The van der Waals surface area contributed by atoms with E-state index in [1.165, 1.54) is 46.1 Å². The number of cyclic esters (lactones) is 1. The minimum Gasteiger partial charge on any atom is -0.459 e. The first-order valence-electron chi connectivity index (χ1n) is 23.2. The Hall–Kier alpha value is -1.50. The largest absolute Gasteiger partial charge is 0.459 e. The van der Waals surface area contributed by atoms with E-state index in [0.29, 0.717) is 24.7 Å². The summed E-state index contributed by atoms with van der Waals surface area (Å²) in [4.78, 5) is 22.3. The van der Waals surface area contributed by atoms with Crippen LogP contribution in [-0.2, 0) is 38.1 Å². The van der Waals surface area contributed by atoms with Crippen molar-refractivity contribution in [2.45, 2.75) is 224 Å². The van der Waals surface area contributed by atoms with Gasteiger partial charge in [0.2, 0.25) is 0 Å². The molecule has 2 unspecified atom stereocenters. The molecule has 5 N–H and O–H groups in total. The van der Waals surface area contributed by atoms with Gasteiger partial charge in [-0.2, -0.15) is 0 Å². The molecule has 4 aliphatic rings. The lowest BCUT2D eigenvalue weighted by Gasteiger charge is -2.49. The SMILES string of the molecule is CC[C@H]1OC(=O)[C@H](C)[C@@H](OC2C[C@@](C)(OC)[C@@H](O)[C@H](C)O2)[C@H](C)[C@@H](O[C@@H]2O[C@H](C)C[C@H](N(C)C)[C@H]2O)C(C)(O)C[C@@H](C)/C(=N\OCCCC2CCCCC2)[C@H](C)[C@@H](O)[C@]1(C)O. The molecule has 1 aliphatic carbocycles. The van der Waals surface area contributed by atoms with Gasteiger partial charge in [0.25, 0.3) is 0 Å². The highest BCUT2D eigenvalue weighted by Gasteiger charge is 2.53. The van der Waals surface area contributed by atoms with Gasteiger partial charge in [0, 0.05) is 37.3 Å². The van der Waals surface area contributed by atoms with Crippen molar-refractivity contribution >= 4 is 11.7 Å². The maximum Gasteiger partial charge on any atom is 0.311 e. The van der Waals surface area contributed by atoms with Crippen LogP contribution < -0.4 is 0 Å². The number of hydrogen-bond acceptors (Lipinski definition) is 15. The molecule has 0 aromatic carbocycles. The van der Waals surface area contributed by atoms with Crippen LogP contribution in [0.2, 0.25) is 0 Å². The molecule has 3 heterocycles. The zero-order valence-corrected chi connectivity index (χ0v) is 39.6. The molecule has 0 aromatic rings. The zero-order valence-electron chi connectivity index (χ0n) is 39.6. The molecule has 356 valence electrons. The minimum absolute atomic E-state index is 0.0363. The van der Waals surface area contributed by atoms with Crippen molar-refractivity contribution in [3.05, 3.63) is 0 Å². The van der Waals surface area contributed by atoms with E-state index in [0.717, 1.165) is 12.8 Å². The number of carbonyl (C=O) groups excluding carboxylic acids is 1. The summed E-state index contributed by atoms with van der Waals surface area (Å²) in [6.45, 7) is 17.7. The minimum atomic E-state index is -1.92. The van der Waals surface area contributed by atoms with Crippen molar-refractivity contribution in [1.82, 2.24) is 4.90 Å². The Labute approximate surface area is 366 Å². The Morgan fingerprint density at radius 1 is 0.885 bits per heavy atom. The number of oxime groups is 1. The molecule has 3 saturated heterocycles. The molecule has 15 heteroatoms. The van der Waals surface area contributed by atoms with Crippen molar-refractivity contribution in [3.63, 3.8) is 0 Å². The van der Waals surface area contributed by atoms with Gasteiger partial charge in [0.1, 0.15) is 30.5 Å². The van der Waals surface area contributed by atoms with Crippen molar-refractivity contribution in [2.24, 2.45) is 34.7 Å². The van der Waals surface area contributed by atoms with Crippen molar-refractivity contribution in [2.75, 3.05) is 27.8 Å². The fourth-order valence-corrected chi connectivity index (χ4v) is 10.6. The Morgan fingerprint density at radius 2 is 1.54 bits per heavy atom. The molecule has 0 spiro atoms. The fraction of sp³-hybridized carbons (Fsp3) is 0.957. The molecule has 18 atom stereocenters. The number of aliphatic hydroxyl groups is 5. The normalized spacial score (nSPS) is 46.0. The van der Waals surface area contributed by atoms with Crippen LogP contribution in [-0.4, -0.2) is 154 Å². The van der Waals surface area contributed by atoms with Gasteiger partial charge in [-0.3, -0.25) is 4.79 Å². The summed E-state index contributed by atoms with van der Waals surface area (Å²) in [5.41, 5.74) is -4.26. The van der Waals surface area contributed by atoms with Gasteiger partial charge >= 0.3 is 5.97 Å². The first kappa shape index (κ1) is 52.1. The van der Waals surface area contributed by atoms with E-state index in [-0.39, 0.29) is 31.4 Å². The number of hydrogen-bond donors (Lipinski definition) is 5. The molecule has 4 fully saturated rings. The maximum atomic E-state index is 14.4. The lowest BCUT2D eigenvalue weighted by atomic mass is 9.73. The quantitative estimate of drug-likeness (QED) is 0.100. The van der Waals surface area contributed by atoms with Crippen LogP contribution in [0.25, 0.3) is 0 Å². The number of rotatable bonds is 12. The van der Waals surface area contributed by atoms with Crippen LogP contribution in [0.1, 0.15) is 140 Å². The standard InChI is InChI=1S/C46H84N2O13/c1-14-34-46(10,54)39(50)28(4)36(47-56-22-18-21-32-19-16-15-17-20-32)26(2)24-44(8,53)41(61-43-37(49)33(48(11)12)23-27(3)57-43)29(5)38(30(6)42(52)59-34)60-35-25-45(9,55-13)40(51)31(7)58-35/h26-35,37-41,43,49-51,53-54H,14-25H2,1-13H3/b47-36+/t26-,27-,28+,29+,30-,31+,33+,34-,35?,37-,38+,39-,40+,41-,43+,44?,45-,46-/m1/s1. The topological polar surface area (TPSA) is 198 Å². The molecular weight excluding hydrogens is 789 g/mol. The van der Waals surface area contributed by atoms with Crippen molar-refractivity contribution in [3.8, 4) is 0 Å². The number of carbonyl (C=O) groups is 1. The van der Waals surface area contributed by atoms with Crippen molar-refractivity contribution < 1.29 is 63.6 Å². The molecule has 0 amide bonds. The third-order valence-corrected chi connectivity index (χ3v) is 14.6. The second-order valence-electron chi connectivity index (χ2n) is 20.1. The lowest BCUT2D eigenvalue weighted by Crippen LogP contribution is -2.61. The molecule has 4 rings (SSSR count). The number of ether oxygens (including phenoxy) is 6. The predicted molar refractivity (Wildman–Crippen MR) is 230 cm³/mol. The summed E-state index contributed by atoms with van der Waals surface area (Å²) in [7, 11) is 5.27. The van der Waals surface area contributed by atoms with Gasteiger partial charge < -0.3 is 63.7 Å². The first-order valence-corrected chi connectivity index (χ1v) is 23.2. The summed E-state index contributed by atoms with van der Waals surface area (Å²) >= 11 is 0. The van der Waals surface area contributed by atoms with E-state index >= 15 is 0 Å². The Morgan fingerprint density at radius 3 is 2.15 bits per heavy atom. The highest BCUT2D eigenvalue weighted by atomic mass is 16.7. The Kier molecular flexibility index (Phi) is 18.9. The van der Waals surface area contributed by atoms with E-state index in [2.05, 4.69) is 5.16 Å². The van der Waals surface area contributed by atoms with Gasteiger partial charge in [-0.15, -0.1) is 0 Å². The zero-order chi connectivity index (χ0) is 45.6. The van der Waals surface area contributed by atoms with Crippen LogP contribution in [0.15, 0.2) is 5.16 Å². The average Bonchev–Trinajstić information content (AvgIpc) is 3.20. The number of esters is 1.